The summed E-state index contributed by atoms with van der Waals surface area (Å²) in [7, 11) is 1.59. The Morgan fingerprint density at radius 3 is 2.76 bits per heavy atom. The fraction of sp³-hybridized carbons (Fsp3) is 0.118. The number of nitrogens with two attached hydrogens (primary N) is 2. The van der Waals surface area contributed by atoms with Gasteiger partial charge in [0, 0.05) is 5.69 Å². The monoisotopic (exact) mass is 354 g/mol. The average Bonchev–Trinajstić information content (AvgIpc) is 2.91. The molecule has 7 nitrogen and oxygen atoms in total. The molecule has 6 N–H and O–H groups in total. The van der Waals surface area contributed by atoms with Gasteiger partial charge in [0.05, 0.1) is 18.2 Å². The Balaban J connectivity index is 1.98. The Bertz CT molecular complexity index is 1040. The molecule has 126 valence electrons. The molecule has 2 heterocycles. The second-order valence-corrected chi connectivity index (χ2v) is 6.45. The highest BCUT2D eigenvalue weighted by Gasteiger charge is 2.21. The summed E-state index contributed by atoms with van der Waals surface area (Å²) >= 11 is 1.19. The lowest BCUT2D eigenvalue weighted by Gasteiger charge is -2.09. The molecule has 1 aromatic carbocycles. The number of aromatic amines is 1. The Morgan fingerprint density at radius 2 is 2.12 bits per heavy atom. The lowest BCUT2D eigenvalue weighted by atomic mass is 10.1. The molecule has 0 aliphatic heterocycles. The van der Waals surface area contributed by atoms with Gasteiger partial charge in [0.25, 0.3) is 11.7 Å². The van der Waals surface area contributed by atoms with Gasteiger partial charge >= 0.3 is 0 Å². The van der Waals surface area contributed by atoms with Crippen molar-refractivity contribution in [2.45, 2.75) is 6.92 Å². The summed E-state index contributed by atoms with van der Waals surface area (Å²) in [6.45, 7) is 1.88. The molecule has 1 amide bonds. The molecule has 0 fully saturated rings. The minimum atomic E-state index is -0.322. The van der Waals surface area contributed by atoms with Gasteiger partial charge in [0.1, 0.15) is 22.3 Å². The minimum absolute atomic E-state index is 0.245. The number of amides is 1. The van der Waals surface area contributed by atoms with E-state index in [0.29, 0.717) is 32.2 Å². The third kappa shape index (κ3) is 2.93. The topological polar surface area (TPSA) is 128 Å². The first-order chi connectivity index (χ1) is 11.9. The van der Waals surface area contributed by atoms with Gasteiger partial charge in [0.2, 0.25) is 0 Å². The van der Waals surface area contributed by atoms with Crippen molar-refractivity contribution in [3.8, 4) is 11.8 Å². The van der Waals surface area contributed by atoms with Crippen LogP contribution in [0.15, 0.2) is 24.3 Å². The van der Waals surface area contributed by atoms with Crippen LogP contribution >= 0.6 is 11.3 Å². The number of H-pyrrole nitrogens is 1. The quantitative estimate of drug-likeness (QED) is 0.665. The van der Waals surface area contributed by atoms with E-state index in [9.17, 15) is 4.79 Å². The summed E-state index contributed by atoms with van der Waals surface area (Å²) in [5.41, 5.74) is 14.0. The number of nitrogens with zero attached hydrogens (tertiary/aromatic N) is 1. The number of rotatable bonds is 3. The number of anilines is 3. The van der Waals surface area contributed by atoms with Crippen LogP contribution in [0.2, 0.25) is 0 Å². The van der Waals surface area contributed by atoms with Crippen molar-refractivity contribution in [1.82, 2.24) is 0 Å². The predicted octanol–water partition coefficient (Wildman–Crippen LogP) is 2.32. The van der Waals surface area contributed by atoms with Crippen LogP contribution in [0.5, 0.6) is 5.75 Å². The number of nitriles is 1. The van der Waals surface area contributed by atoms with Crippen LogP contribution < -0.4 is 26.5 Å². The molecular weight excluding hydrogens is 338 g/mol. The summed E-state index contributed by atoms with van der Waals surface area (Å²) < 4.78 is 5.16. The van der Waals surface area contributed by atoms with E-state index < -0.39 is 0 Å². The second-order valence-electron chi connectivity index (χ2n) is 5.43. The SMILES string of the molecule is COc1ccc(NC(=O)c2sc3[nH+]c(N)c(C#N)cc3c2N)c(C)c1. The lowest BCUT2D eigenvalue weighted by molar-refractivity contribution is -0.323. The van der Waals surface area contributed by atoms with Crippen molar-refractivity contribution in [1.29, 1.82) is 5.26 Å². The highest BCUT2D eigenvalue weighted by molar-refractivity contribution is 7.20. The number of nitrogen functional groups attached to an aromatic ring is 2. The minimum Gasteiger partial charge on any atom is -0.497 e. The Hall–Kier alpha value is -3.31. The number of pyridine rings is 1. The molecule has 0 spiro atoms. The number of hydrogen-bond donors (Lipinski definition) is 3. The number of aryl methyl sites for hydroxylation is 1. The number of methoxy groups -OCH3 is 1. The van der Waals surface area contributed by atoms with Gasteiger partial charge in [-0.1, -0.05) is 11.3 Å². The standard InChI is InChI=1S/C17H15N5O2S/c1-8-5-10(24-2)3-4-12(8)21-16(23)14-13(19)11-6-9(7-18)15(20)22-17(11)25-14/h3-6H,19H2,1-2H3,(H2,20,22)(H,21,23)/p+1. The number of thiophene rings is 1. The molecule has 3 aromatic rings. The van der Waals surface area contributed by atoms with E-state index in [1.54, 1.807) is 25.3 Å². The maximum absolute atomic E-state index is 12.6. The molecule has 0 aliphatic rings. The predicted molar refractivity (Wildman–Crippen MR) is 97.6 cm³/mol. The van der Waals surface area contributed by atoms with E-state index in [4.69, 9.17) is 21.5 Å². The lowest BCUT2D eigenvalue weighted by Crippen LogP contribution is -2.12. The molecule has 0 saturated carbocycles. The zero-order valence-electron chi connectivity index (χ0n) is 13.6. The smallest absolute Gasteiger partial charge is 0.289 e. The van der Waals surface area contributed by atoms with E-state index >= 15 is 0 Å². The first kappa shape index (κ1) is 16.5. The van der Waals surface area contributed by atoms with Crippen molar-refractivity contribution in [3.05, 3.63) is 40.3 Å². The number of aromatic nitrogens is 1. The van der Waals surface area contributed by atoms with Gasteiger partial charge in [0.15, 0.2) is 4.83 Å². The van der Waals surface area contributed by atoms with Crippen LogP contribution in [0.4, 0.5) is 17.2 Å². The van der Waals surface area contributed by atoms with Crippen molar-refractivity contribution < 1.29 is 14.5 Å². The van der Waals surface area contributed by atoms with Crippen molar-refractivity contribution >= 4 is 44.7 Å². The number of carbonyl (C=O) groups excluding carboxylic acids is 1. The number of carbonyl (C=O) groups is 1. The summed E-state index contributed by atoms with van der Waals surface area (Å²) in [5.74, 6) is 0.637. The van der Waals surface area contributed by atoms with E-state index in [0.717, 1.165) is 5.56 Å². The Labute approximate surface area is 147 Å². The largest absolute Gasteiger partial charge is 0.497 e. The van der Waals surface area contributed by atoms with Gasteiger partial charge in [-0.15, -0.1) is 0 Å². The van der Waals surface area contributed by atoms with E-state index in [1.807, 2.05) is 19.1 Å². The van der Waals surface area contributed by atoms with E-state index in [1.165, 1.54) is 11.3 Å². The molecule has 25 heavy (non-hydrogen) atoms. The van der Waals surface area contributed by atoms with Crippen LogP contribution in [0.1, 0.15) is 20.8 Å². The maximum atomic E-state index is 12.6. The van der Waals surface area contributed by atoms with Crippen LogP contribution in [-0.4, -0.2) is 13.0 Å². The number of ether oxygens (including phenoxy) is 1. The van der Waals surface area contributed by atoms with Crippen LogP contribution in [0, 0.1) is 18.3 Å². The molecular formula is C17H16N5O2S+. The summed E-state index contributed by atoms with van der Waals surface area (Å²) in [6.07, 6.45) is 0. The van der Waals surface area contributed by atoms with Crippen LogP contribution in [0.25, 0.3) is 10.2 Å². The molecule has 0 unspecified atom stereocenters. The van der Waals surface area contributed by atoms with Gasteiger partial charge in [-0.3, -0.25) is 10.5 Å². The fourth-order valence-electron chi connectivity index (χ4n) is 2.45. The number of hydrogen-bond acceptors (Lipinski definition) is 6. The van der Waals surface area contributed by atoms with Gasteiger partial charge < -0.3 is 15.8 Å². The van der Waals surface area contributed by atoms with Crippen molar-refractivity contribution in [2.24, 2.45) is 0 Å². The van der Waals surface area contributed by atoms with Crippen LogP contribution in [0.3, 0.4) is 0 Å². The zero-order chi connectivity index (χ0) is 18.1. The highest BCUT2D eigenvalue weighted by atomic mass is 32.1. The van der Waals surface area contributed by atoms with Crippen molar-refractivity contribution in [3.63, 3.8) is 0 Å². The first-order valence-corrected chi connectivity index (χ1v) is 8.16. The number of nitrogens with one attached hydrogen (secondary N) is 2. The fourth-order valence-corrected chi connectivity index (χ4v) is 3.46. The summed E-state index contributed by atoms with van der Waals surface area (Å²) in [5, 5.41) is 12.5. The first-order valence-electron chi connectivity index (χ1n) is 7.34. The van der Waals surface area contributed by atoms with E-state index in [-0.39, 0.29) is 17.3 Å². The van der Waals surface area contributed by atoms with Gasteiger partial charge in [-0.05, 0) is 36.8 Å². The van der Waals surface area contributed by atoms with Crippen molar-refractivity contribution in [2.75, 3.05) is 23.9 Å². The number of benzene rings is 1. The Morgan fingerprint density at radius 1 is 1.36 bits per heavy atom. The van der Waals surface area contributed by atoms with E-state index in [2.05, 4.69) is 10.3 Å². The second kappa shape index (κ2) is 6.30. The van der Waals surface area contributed by atoms with Gasteiger partial charge in [-0.25, -0.2) is 4.98 Å². The highest BCUT2D eigenvalue weighted by Crippen LogP contribution is 2.33. The third-order valence-corrected chi connectivity index (χ3v) is 4.95. The summed E-state index contributed by atoms with van der Waals surface area (Å²) in [6, 6.07) is 8.95. The molecule has 0 bridgehead atoms. The molecule has 0 saturated heterocycles. The van der Waals surface area contributed by atoms with Gasteiger partial charge in [-0.2, -0.15) is 5.26 Å². The maximum Gasteiger partial charge on any atom is 0.289 e. The zero-order valence-corrected chi connectivity index (χ0v) is 14.5. The average molecular weight is 354 g/mol. The molecule has 0 atom stereocenters. The third-order valence-electron chi connectivity index (χ3n) is 3.82. The normalized spacial score (nSPS) is 10.4. The van der Waals surface area contributed by atoms with Crippen LogP contribution in [-0.2, 0) is 0 Å². The number of fused-ring (bicyclic) bond motifs is 1. The molecule has 2 aromatic heterocycles. The Kier molecular flexibility index (Phi) is 4.17. The molecule has 8 heteroatoms. The molecule has 0 aliphatic carbocycles. The summed E-state index contributed by atoms with van der Waals surface area (Å²) in [4.78, 5) is 16.5. The molecule has 3 rings (SSSR count). The molecule has 0 radical (unpaired) electrons.